The van der Waals surface area contributed by atoms with Crippen molar-refractivity contribution in [2.24, 2.45) is 0 Å². The molecule has 1 aromatic heterocycles. The second-order valence-electron chi connectivity index (χ2n) is 4.85. The van der Waals surface area contributed by atoms with Crippen LogP contribution in [0.4, 0.5) is 0 Å². The van der Waals surface area contributed by atoms with Gasteiger partial charge in [0.05, 0.1) is 6.20 Å². The van der Waals surface area contributed by atoms with Gasteiger partial charge in [0.2, 0.25) is 0 Å². The molecule has 0 spiro atoms. The van der Waals surface area contributed by atoms with E-state index in [4.69, 9.17) is 0 Å². The van der Waals surface area contributed by atoms with Crippen molar-refractivity contribution >= 4 is 0 Å². The van der Waals surface area contributed by atoms with E-state index >= 15 is 0 Å². The smallest absolute Gasteiger partial charge is 0.107 e. The Morgan fingerprint density at radius 1 is 1.17 bits per heavy atom. The summed E-state index contributed by atoms with van der Waals surface area (Å²) in [4.78, 5) is 0. The van der Waals surface area contributed by atoms with E-state index in [1.54, 1.807) is 6.20 Å². The minimum Gasteiger partial charge on any atom is -0.384 e. The standard InChI is InChI=1S/C15H20N2O/c1-4-12-5-7-13(8-6-12)15(18)14-9-16-17(10-14)11(2)3/h5-11,15,18H,4H2,1-3H3. The van der Waals surface area contributed by atoms with E-state index in [0.717, 1.165) is 17.5 Å². The molecule has 0 aliphatic heterocycles. The Morgan fingerprint density at radius 2 is 1.83 bits per heavy atom. The third-order valence-electron chi connectivity index (χ3n) is 3.17. The van der Waals surface area contributed by atoms with Gasteiger partial charge in [0.15, 0.2) is 0 Å². The first-order valence-corrected chi connectivity index (χ1v) is 6.42. The summed E-state index contributed by atoms with van der Waals surface area (Å²) in [6.45, 7) is 6.26. The van der Waals surface area contributed by atoms with Gasteiger partial charge in [-0.1, -0.05) is 31.2 Å². The van der Waals surface area contributed by atoms with Crippen LogP contribution in [-0.2, 0) is 6.42 Å². The monoisotopic (exact) mass is 244 g/mol. The Balaban J connectivity index is 2.20. The van der Waals surface area contributed by atoms with Gasteiger partial charge in [-0.05, 0) is 31.4 Å². The molecule has 0 amide bonds. The molecule has 1 N–H and O–H groups in total. The first-order valence-electron chi connectivity index (χ1n) is 6.42. The summed E-state index contributed by atoms with van der Waals surface area (Å²) in [6.07, 6.45) is 4.06. The number of aryl methyl sites for hydroxylation is 1. The summed E-state index contributed by atoms with van der Waals surface area (Å²) < 4.78 is 1.86. The number of hydrogen-bond acceptors (Lipinski definition) is 2. The average Bonchev–Trinajstić information content (AvgIpc) is 2.88. The van der Waals surface area contributed by atoms with Crippen molar-refractivity contribution < 1.29 is 5.11 Å². The quantitative estimate of drug-likeness (QED) is 0.897. The van der Waals surface area contributed by atoms with Gasteiger partial charge in [-0.3, -0.25) is 4.68 Å². The van der Waals surface area contributed by atoms with Gasteiger partial charge < -0.3 is 5.11 Å². The summed E-state index contributed by atoms with van der Waals surface area (Å²) in [5.41, 5.74) is 3.03. The molecule has 1 atom stereocenters. The van der Waals surface area contributed by atoms with E-state index < -0.39 is 6.10 Å². The lowest BCUT2D eigenvalue weighted by Gasteiger charge is -2.09. The maximum atomic E-state index is 10.3. The molecule has 0 radical (unpaired) electrons. The van der Waals surface area contributed by atoms with E-state index in [2.05, 4.69) is 38.0 Å². The number of hydrogen-bond donors (Lipinski definition) is 1. The van der Waals surface area contributed by atoms with E-state index in [0.29, 0.717) is 6.04 Å². The summed E-state index contributed by atoms with van der Waals surface area (Å²) in [5.74, 6) is 0. The van der Waals surface area contributed by atoms with Gasteiger partial charge in [0, 0.05) is 17.8 Å². The third-order valence-corrected chi connectivity index (χ3v) is 3.17. The number of aromatic nitrogens is 2. The highest BCUT2D eigenvalue weighted by atomic mass is 16.3. The molecule has 0 aliphatic rings. The molecular weight excluding hydrogens is 224 g/mol. The van der Waals surface area contributed by atoms with E-state index in [1.165, 1.54) is 5.56 Å². The highest BCUT2D eigenvalue weighted by molar-refractivity contribution is 5.29. The number of nitrogens with zero attached hydrogens (tertiary/aromatic N) is 2. The van der Waals surface area contributed by atoms with Gasteiger partial charge in [-0.2, -0.15) is 5.10 Å². The Kier molecular flexibility index (Phi) is 3.82. The Labute approximate surface area is 108 Å². The van der Waals surface area contributed by atoms with E-state index in [-0.39, 0.29) is 0 Å². The van der Waals surface area contributed by atoms with Gasteiger partial charge in [-0.15, -0.1) is 0 Å². The highest BCUT2D eigenvalue weighted by Crippen LogP contribution is 2.22. The number of rotatable bonds is 4. The molecule has 2 rings (SSSR count). The van der Waals surface area contributed by atoms with Crippen LogP contribution in [0.2, 0.25) is 0 Å². The summed E-state index contributed by atoms with van der Waals surface area (Å²) in [7, 11) is 0. The van der Waals surface area contributed by atoms with Crippen molar-refractivity contribution in [3.8, 4) is 0 Å². The largest absolute Gasteiger partial charge is 0.384 e. The van der Waals surface area contributed by atoms with Gasteiger partial charge in [-0.25, -0.2) is 0 Å². The lowest BCUT2D eigenvalue weighted by molar-refractivity contribution is 0.220. The Morgan fingerprint density at radius 3 is 2.33 bits per heavy atom. The fourth-order valence-corrected chi connectivity index (χ4v) is 1.90. The predicted molar refractivity (Wildman–Crippen MR) is 72.5 cm³/mol. The van der Waals surface area contributed by atoms with Crippen LogP contribution in [0.25, 0.3) is 0 Å². The second-order valence-corrected chi connectivity index (χ2v) is 4.85. The average molecular weight is 244 g/mol. The first-order chi connectivity index (χ1) is 8.61. The third kappa shape index (κ3) is 2.62. The maximum absolute atomic E-state index is 10.3. The molecule has 18 heavy (non-hydrogen) atoms. The molecule has 0 saturated heterocycles. The predicted octanol–water partition coefficient (Wildman–Crippen LogP) is 3.11. The van der Waals surface area contributed by atoms with Crippen LogP contribution in [-0.4, -0.2) is 14.9 Å². The van der Waals surface area contributed by atoms with E-state index in [9.17, 15) is 5.11 Å². The van der Waals surface area contributed by atoms with Crippen LogP contribution < -0.4 is 0 Å². The van der Waals surface area contributed by atoms with Crippen molar-refractivity contribution in [1.82, 2.24) is 9.78 Å². The second kappa shape index (κ2) is 5.36. The molecule has 1 unspecified atom stereocenters. The Bertz CT molecular complexity index is 499. The molecule has 0 bridgehead atoms. The van der Waals surface area contributed by atoms with Crippen LogP contribution in [0.3, 0.4) is 0 Å². The van der Waals surface area contributed by atoms with Crippen LogP contribution in [0.1, 0.15) is 49.6 Å². The fourth-order valence-electron chi connectivity index (χ4n) is 1.90. The summed E-state index contributed by atoms with van der Waals surface area (Å²) >= 11 is 0. The molecular formula is C15H20N2O. The summed E-state index contributed by atoms with van der Waals surface area (Å²) in [6, 6.07) is 8.40. The van der Waals surface area contributed by atoms with Crippen LogP contribution in [0.15, 0.2) is 36.7 Å². The highest BCUT2D eigenvalue weighted by Gasteiger charge is 2.13. The van der Waals surface area contributed by atoms with Crippen LogP contribution >= 0.6 is 0 Å². The lowest BCUT2D eigenvalue weighted by atomic mass is 10.0. The van der Waals surface area contributed by atoms with Crippen molar-refractivity contribution in [2.75, 3.05) is 0 Å². The van der Waals surface area contributed by atoms with Crippen LogP contribution in [0.5, 0.6) is 0 Å². The SMILES string of the molecule is CCc1ccc(C(O)c2cnn(C(C)C)c2)cc1. The molecule has 1 heterocycles. The molecule has 96 valence electrons. The van der Waals surface area contributed by atoms with Crippen molar-refractivity contribution in [2.45, 2.75) is 39.3 Å². The molecule has 0 fully saturated rings. The zero-order chi connectivity index (χ0) is 13.1. The molecule has 3 heteroatoms. The molecule has 1 aromatic carbocycles. The van der Waals surface area contributed by atoms with Gasteiger partial charge in [0.25, 0.3) is 0 Å². The fraction of sp³-hybridized carbons (Fsp3) is 0.400. The normalized spacial score (nSPS) is 12.9. The van der Waals surface area contributed by atoms with Crippen molar-refractivity contribution in [1.29, 1.82) is 0 Å². The summed E-state index contributed by atoms with van der Waals surface area (Å²) in [5, 5.41) is 14.5. The van der Waals surface area contributed by atoms with Crippen LogP contribution in [0, 0.1) is 0 Å². The molecule has 0 saturated carbocycles. The zero-order valence-corrected chi connectivity index (χ0v) is 11.2. The van der Waals surface area contributed by atoms with E-state index in [1.807, 2.05) is 23.0 Å². The van der Waals surface area contributed by atoms with Gasteiger partial charge >= 0.3 is 0 Å². The number of aliphatic hydroxyl groups excluding tert-OH is 1. The number of aliphatic hydroxyl groups is 1. The Hall–Kier alpha value is -1.61. The lowest BCUT2D eigenvalue weighted by Crippen LogP contribution is -2.01. The topological polar surface area (TPSA) is 38.1 Å². The molecule has 3 nitrogen and oxygen atoms in total. The number of benzene rings is 1. The molecule has 0 aliphatic carbocycles. The van der Waals surface area contributed by atoms with Crippen molar-refractivity contribution in [3.05, 3.63) is 53.3 Å². The van der Waals surface area contributed by atoms with Gasteiger partial charge in [0.1, 0.15) is 6.10 Å². The minimum absolute atomic E-state index is 0.313. The first kappa shape index (κ1) is 12.8. The minimum atomic E-state index is -0.594. The maximum Gasteiger partial charge on any atom is 0.107 e. The molecule has 2 aromatic rings. The van der Waals surface area contributed by atoms with Crippen molar-refractivity contribution in [3.63, 3.8) is 0 Å². The zero-order valence-electron chi connectivity index (χ0n) is 11.2.